The molecule has 0 radical (unpaired) electrons. The van der Waals surface area contributed by atoms with E-state index in [0.29, 0.717) is 0 Å². The molecule has 1 aromatic rings. The predicted octanol–water partition coefficient (Wildman–Crippen LogP) is 4.83. The third-order valence-electron chi connectivity index (χ3n) is 2.89. The molecule has 0 unspecified atom stereocenters. The van der Waals surface area contributed by atoms with Crippen LogP contribution in [0.15, 0.2) is 60.3 Å². The second kappa shape index (κ2) is 6.09. The Labute approximate surface area is 105 Å². The van der Waals surface area contributed by atoms with Crippen LogP contribution in [0.3, 0.4) is 0 Å². The van der Waals surface area contributed by atoms with Gasteiger partial charge >= 0.3 is 0 Å². The number of nitrogens with one attached hydrogen (secondary N) is 1. The number of hydrogen-bond donors (Lipinski definition) is 1. The summed E-state index contributed by atoms with van der Waals surface area (Å²) in [6.07, 6.45) is 2.82. The van der Waals surface area contributed by atoms with Crippen molar-refractivity contribution in [2.24, 2.45) is 0 Å². The minimum atomic E-state index is 0.903. The van der Waals surface area contributed by atoms with Gasteiger partial charge in [0, 0.05) is 11.4 Å². The molecule has 1 nitrogen and oxygen atoms in total. The van der Waals surface area contributed by atoms with Gasteiger partial charge in [-0.3, -0.25) is 0 Å². The second-order valence-corrected chi connectivity index (χ2v) is 4.37. The summed E-state index contributed by atoms with van der Waals surface area (Å²) in [7, 11) is 0. The first kappa shape index (κ1) is 13.3. The summed E-state index contributed by atoms with van der Waals surface area (Å²) in [5.74, 6) is 0. The smallest absolute Gasteiger partial charge is 0.0384 e. The maximum Gasteiger partial charge on any atom is 0.0384 e. The maximum absolute atomic E-state index is 4.07. The first-order valence-corrected chi connectivity index (χ1v) is 5.84. The number of aryl methyl sites for hydroxylation is 1. The van der Waals surface area contributed by atoms with E-state index in [0.717, 1.165) is 17.8 Å². The molecule has 0 saturated heterocycles. The Hall–Kier alpha value is -1.76. The molecule has 1 N–H and O–H groups in total. The van der Waals surface area contributed by atoms with E-state index >= 15 is 0 Å². The molecule has 0 fully saturated rings. The number of benzene rings is 1. The number of hydrogen-bond acceptors (Lipinski definition) is 1. The van der Waals surface area contributed by atoms with Gasteiger partial charge in [-0.15, -0.1) is 6.58 Å². The average Bonchev–Trinajstić information content (AvgIpc) is 2.31. The molecule has 1 heteroatoms. The van der Waals surface area contributed by atoms with Crippen molar-refractivity contribution in [1.29, 1.82) is 0 Å². The van der Waals surface area contributed by atoms with Gasteiger partial charge in [0.25, 0.3) is 0 Å². The third-order valence-corrected chi connectivity index (χ3v) is 2.89. The minimum absolute atomic E-state index is 0.903. The summed E-state index contributed by atoms with van der Waals surface area (Å²) in [6.45, 7) is 14.1. The minimum Gasteiger partial charge on any atom is -0.356 e. The van der Waals surface area contributed by atoms with E-state index in [4.69, 9.17) is 0 Å². The summed E-state index contributed by atoms with van der Waals surface area (Å²) in [5.41, 5.74) is 5.78. The Bertz CT molecular complexity index is 435. The molecule has 0 bridgehead atoms. The van der Waals surface area contributed by atoms with Crippen molar-refractivity contribution in [2.75, 3.05) is 5.32 Å². The lowest BCUT2D eigenvalue weighted by Gasteiger charge is -2.13. The summed E-state index contributed by atoms with van der Waals surface area (Å²) in [4.78, 5) is 0. The summed E-state index contributed by atoms with van der Waals surface area (Å²) >= 11 is 0. The van der Waals surface area contributed by atoms with E-state index < -0.39 is 0 Å². The van der Waals surface area contributed by atoms with Crippen molar-refractivity contribution in [3.8, 4) is 0 Å². The van der Waals surface area contributed by atoms with Gasteiger partial charge in [-0.05, 0) is 44.9 Å². The van der Waals surface area contributed by atoms with Crippen molar-refractivity contribution in [2.45, 2.75) is 27.2 Å². The monoisotopic (exact) mass is 227 g/mol. The fourth-order valence-electron chi connectivity index (χ4n) is 1.53. The normalized spacial score (nSPS) is 11.7. The molecule has 0 atom stereocenters. The van der Waals surface area contributed by atoms with Gasteiger partial charge in [-0.25, -0.2) is 0 Å². The van der Waals surface area contributed by atoms with E-state index in [1.807, 2.05) is 6.08 Å². The Morgan fingerprint density at radius 1 is 1.24 bits per heavy atom. The highest BCUT2D eigenvalue weighted by molar-refractivity contribution is 5.53. The molecule has 1 aromatic carbocycles. The maximum atomic E-state index is 4.07. The van der Waals surface area contributed by atoms with E-state index in [1.54, 1.807) is 0 Å². The van der Waals surface area contributed by atoms with E-state index in [1.165, 1.54) is 16.7 Å². The molecule has 0 spiro atoms. The van der Waals surface area contributed by atoms with E-state index in [2.05, 4.69) is 63.5 Å². The summed E-state index contributed by atoms with van der Waals surface area (Å²) < 4.78 is 0. The lowest BCUT2D eigenvalue weighted by atomic mass is 10.1. The van der Waals surface area contributed by atoms with Gasteiger partial charge in [0.2, 0.25) is 0 Å². The second-order valence-electron chi connectivity index (χ2n) is 4.37. The molecule has 0 amide bonds. The highest BCUT2D eigenvalue weighted by atomic mass is 14.9. The van der Waals surface area contributed by atoms with Crippen LogP contribution in [0, 0.1) is 6.92 Å². The van der Waals surface area contributed by atoms with Crippen LogP contribution in [-0.2, 0) is 0 Å². The molecular weight excluding hydrogens is 206 g/mol. The van der Waals surface area contributed by atoms with Gasteiger partial charge in [-0.2, -0.15) is 0 Å². The van der Waals surface area contributed by atoms with Gasteiger partial charge in [0.15, 0.2) is 0 Å². The lowest BCUT2D eigenvalue weighted by Crippen LogP contribution is -2.01. The zero-order chi connectivity index (χ0) is 12.8. The summed E-state index contributed by atoms with van der Waals surface area (Å²) in [5, 5.41) is 3.32. The van der Waals surface area contributed by atoms with Crippen LogP contribution in [0.2, 0.25) is 0 Å². The zero-order valence-corrected chi connectivity index (χ0v) is 11.0. The van der Waals surface area contributed by atoms with Crippen molar-refractivity contribution in [3.63, 3.8) is 0 Å². The van der Waals surface area contributed by atoms with E-state index in [-0.39, 0.29) is 0 Å². The van der Waals surface area contributed by atoms with Crippen LogP contribution in [0.1, 0.15) is 25.8 Å². The van der Waals surface area contributed by atoms with Crippen LogP contribution in [0.25, 0.3) is 0 Å². The lowest BCUT2D eigenvalue weighted by molar-refractivity contribution is 1.14. The first-order valence-electron chi connectivity index (χ1n) is 5.84. The Morgan fingerprint density at radius 2 is 1.82 bits per heavy atom. The number of rotatable bonds is 5. The van der Waals surface area contributed by atoms with Crippen LogP contribution >= 0.6 is 0 Å². The van der Waals surface area contributed by atoms with Crippen molar-refractivity contribution < 1.29 is 0 Å². The first-order chi connectivity index (χ1) is 8.04. The van der Waals surface area contributed by atoms with E-state index in [9.17, 15) is 0 Å². The van der Waals surface area contributed by atoms with Crippen LogP contribution < -0.4 is 5.32 Å². The molecule has 1 rings (SSSR count). The van der Waals surface area contributed by atoms with Crippen molar-refractivity contribution in [1.82, 2.24) is 0 Å². The molecular formula is C16H21N. The van der Waals surface area contributed by atoms with Gasteiger partial charge in [0.1, 0.15) is 0 Å². The third kappa shape index (κ3) is 3.95. The highest BCUT2D eigenvalue weighted by Crippen LogP contribution is 2.18. The van der Waals surface area contributed by atoms with Gasteiger partial charge in [-0.1, -0.05) is 35.9 Å². The van der Waals surface area contributed by atoms with Crippen molar-refractivity contribution in [3.05, 3.63) is 65.9 Å². The number of allylic oxidation sites excluding steroid dienone is 3. The Balaban J connectivity index is 2.75. The molecule has 0 aliphatic rings. The van der Waals surface area contributed by atoms with Gasteiger partial charge in [0.05, 0.1) is 0 Å². The fraction of sp³-hybridized carbons (Fsp3) is 0.250. The molecule has 90 valence electrons. The fourth-order valence-corrected chi connectivity index (χ4v) is 1.53. The quantitative estimate of drug-likeness (QED) is 0.561. The molecule has 0 heterocycles. The highest BCUT2D eigenvalue weighted by Gasteiger charge is 2.01. The predicted molar refractivity (Wildman–Crippen MR) is 77.1 cm³/mol. The topological polar surface area (TPSA) is 12.0 Å². The molecule has 0 aliphatic carbocycles. The van der Waals surface area contributed by atoms with Crippen LogP contribution in [0.5, 0.6) is 0 Å². The number of anilines is 1. The van der Waals surface area contributed by atoms with Crippen LogP contribution in [-0.4, -0.2) is 0 Å². The molecule has 0 aliphatic heterocycles. The zero-order valence-electron chi connectivity index (χ0n) is 11.0. The molecule has 0 aromatic heterocycles. The van der Waals surface area contributed by atoms with Crippen molar-refractivity contribution >= 4 is 5.69 Å². The van der Waals surface area contributed by atoms with Gasteiger partial charge < -0.3 is 5.32 Å². The summed E-state index contributed by atoms with van der Waals surface area (Å²) in [6, 6.07) is 8.31. The standard InChI is InChI=1S/C16H21N/c1-6-7-13(3)14(4)15(5)17-16-10-8-12(2)9-11-16/h6,8-11,17H,1,5,7H2,2-4H3/b14-13+. The molecule has 17 heavy (non-hydrogen) atoms. The Kier molecular flexibility index (Phi) is 4.77. The largest absolute Gasteiger partial charge is 0.356 e. The average molecular weight is 227 g/mol. The Morgan fingerprint density at radius 3 is 2.35 bits per heavy atom. The molecule has 0 saturated carbocycles. The SMILES string of the molecule is C=CC/C(C)=C(\C)C(=C)Nc1ccc(C)cc1. The van der Waals surface area contributed by atoms with Crippen LogP contribution in [0.4, 0.5) is 5.69 Å².